The first-order chi connectivity index (χ1) is 26.8. The zero-order valence-corrected chi connectivity index (χ0v) is 29.1. The number of rotatable bonds is 5. The van der Waals surface area contributed by atoms with E-state index in [0.29, 0.717) is 17.6 Å². The molecule has 3 heterocycles. The zero-order chi connectivity index (χ0) is 35.6. The van der Waals surface area contributed by atoms with Crippen molar-refractivity contribution >= 4 is 54.4 Å². The quantitative estimate of drug-likeness (QED) is 0.181. The van der Waals surface area contributed by atoms with Gasteiger partial charge in [-0.05, 0) is 52.9 Å². The van der Waals surface area contributed by atoms with Crippen LogP contribution >= 0.6 is 0 Å². The molecule has 0 N–H and O–H groups in total. The van der Waals surface area contributed by atoms with Crippen LogP contribution < -0.4 is 0 Å². The Bertz CT molecular complexity index is 3150. The van der Waals surface area contributed by atoms with Gasteiger partial charge in [-0.1, -0.05) is 152 Å². The molecule has 0 spiro atoms. The first-order valence-corrected chi connectivity index (χ1v) is 18.2. The molecule has 0 unspecified atom stereocenters. The van der Waals surface area contributed by atoms with Crippen molar-refractivity contribution in [3.8, 4) is 45.5 Å². The van der Waals surface area contributed by atoms with Crippen molar-refractivity contribution in [2.45, 2.75) is 0 Å². The van der Waals surface area contributed by atoms with Crippen molar-refractivity contribution in [1.82, 2.24) is 24.1 Å². The van der Waals surface area contributed by atoms with Crippen LogP contribution in [0.2, 0.25) is 0 Å². The lowest BCUT2D eigenvalue weighted by molar-refractivity contribution is 0.953. The Morgan fingerprint density at radius 3 is 1.54 bits per heavy atom. The van der Waals surface area contributed by atoms with Crippen molar-refractivity contribution in [3.63, 3.8) is 0 Å². The Labute approximate surface area is 311 Å². The van der Waals surface area contributed by atoms with E-state index < -0.39 is 0 Å². The molecule has 8 aromatic carbocycles. The Balaban J connectivity index is 1.12. The van der Waals surface area contributed by atoms with Crippen molar-refractivity contribution in [3.05, 3.63) is 188 Å². The molecule has 11 aromatic rings. The van der Waals surface area contributed by atoms with Crippen LogP contribution in [0.5, 0.6) is 0 Å². The topological polar surface area (TPSA) is 48.5 Å². The number of aromatic nitrogens is 5. The molecule has 252 valence electrons. The maximum absolute atomic E-state index is 5.11. The third-order valence-corrected chi connectivity index (χ3v) is 10.6. The van der Waals surface area contributed by atoms with Crippen molar-refractivity contribution in [1.29, 1.82) is 0 Å². The minimum absolute atomic E-state index is 0.586. The van der Waals surface area contributed by atoms with E-state index in [0.717, 1.165) is 44.1 Å². The maximum Gasteiger partial charge on any atom is 0.238 e. The Morgan fingerprint density at radius 2 is 0.815 bits per heavy atom. The van der Waals surface area contributed by atoms with Crippen LogP contribution in [0.15, 0.2) is 188 Å². The van der Waals surface area contributed by atoms with Gasteiger partial charge in [-0.3, -0.25) is 4.57 Å². The molecule has 0 aliphatic heterocycles. The molecule has 0 radical (unpaired) electrons. The van der Waals surface area contributed by atoms with Crippen molar-refractivity contribution in [2.75, 3.05) is 0 Å². The highest BCUT2D eigenvalue weighted by Crippen LogP contribution is 2.39. The molecule has 0 atom stereocenters. The molecule has 0 saturated carbocycles. The van der Waals surface area contributed by atoms with E-state index in [9.17, 15) is 0 Å². The smallest absolute Gasteiger partial charge is 0.238 e. The maximum atomic E-state index is 5.11. The van der Waals surface area contributed by atoms with Gasteiger partial charge in [0.25, 0.3) is 0 Å². The number of hydrogen-bond donors (Lipinski definition) is 0. The van der Waals surface area contributed by atoms with Gasteiger partial charge in [0, 0.05) is 38.1 Å². The van der Waals surface area contributed by atoms with Gasteiger partial charge >= 0.3 is 0 Å². The predicted molar refractivity (Wildman–Crippen MR) is 222 cm³/mol. The van der Waals surface area contributed by atoms with Gasteiger partial charge < -0.3 is 4.57 Å². The number of fused-ring (bicyclic) bond motifs is 7. The highest BCUT2D eigenvalue weighted by molar-refractivity contribution is 6.13. The average molecular weight is 690 g/mol. The zero-order valence-electron chi connectivity index (χ0n) is 29.1. The predicted octanol–water partition coefficient (Wildman–Crippen LogP) is 12.2. The molecule has 0 aliphatic carbocycles. The van der Waals surface area contributed by atoms with Gasteiger partial charge in [-0.15, -0.1) is 0 Å². The molecular weight excluding hydrogens is 659 g/mol. The second-order valence-electron chi connectivity index (χ2n) is 13.7. The van der Waals surface area contributed by atoms with Gasteiger partial charge in [0.15, 0.2) is 11.6 Å². The fraction of sp³-hybridized carbons (Fsp3) is 0. The minimum Gasteiger partial charge on any atom is -0.309 e. The number of hydrogen-bond acceptors (Lipinski definition) is 3. The van der Waals surface area contributed by atoms with Gasteiger partial charge in [0.05, 0.1) is 27.8 Å². The standard InChI is InChI=1S/C49H31N5/c1-3-15-33(16-4-1)47-50-48(34-17-5-2-6-18-34)52-49(51-47)54-44-24-12-10-22-39(44)41-30-35(27-29-45(41)54)36-26-28-40-38-21-9-11-23-43(38)53(46(40)31-36)42-25-13-19-32-14-7-8-20-37(32)42/h1-31H. The van der Waals surface area contributed by atoms with E-state index in [1.165, 1.54) is 38.3 Å². The molecule has 0 saturated heterocycles. The number of nitrogens with zero attached hydrogens (tertiary/aromatic N) is 5. The summed E-state index contributed by atoms with van der Waals surface area (Å²) in [6.45, 7) is 0. The first kappa shape index (κ1) is 30.3. The molecule has 5 heteroatoms. The summed E-state index contributed by atoms with van der Waals surface area (Å²) in [6.07, 6.45) is 0. The summed E-state index contributed by atoms with van der Waals surface area (Å²) in [5.74, 6) is 1.86. The summed E-state index contributed by atoms with van der Waals surface area (Å²) in [6, 6.07) is 66.3. The van der Waals surface area contributed by atoms with Crippen molar-refractivity contribution < 1.29 is 0 Å². The Kier molecular flexibility index (Phi) is 6.79. The molecule has 0 bridgehead atoms. The van der Waals surface area contributed by atoms with E-state index in [-0.39, 0.29) is 0 Å². The van der Waals surface area contributed by atoms with Gasteiger partial charge in [0.1, 0.15) is 0 Å². The van der Waals surface area contributed by atoms with Crippen LogP contribution in [0.25, 0.3) is 99.9 Å². The highest BCUT2D eigenvalue weighted by atomic mass is 15.2. The summed E-state index contributed by atoms with van der Waals surface area (Å²) in [5.41, 5.74) is 9.82. The molecule has 5 nitrogen and oxygen atoms in total. The van der Waals surface area contributed by atoms with E-state index in [2.05, 4.69) is 137 Å². The third kappa shape index (κ3) is 4.76. The van der Waals surface area contributed by atoms with Crippen LogP contribution in [-0.2, 0) is 0 Å². The van der Waals surface area contributed by atoms with Gasteiger partial charge in [0.2, 0.25) is 5.95 Å². The lowest BCUT2D eigenvalue weighted by Gasteiger charge is -2.12. The minimum atomic E-state index is 0.586. The summed E-state index contributed by atoms with van der Waals surface area (Å²) in [4.78, 5) is 15.2. The van der Waals surface area contributed by atoms with E-state index in [1.807, 2.05) is 60.7 Å². The summed E-state index contributed by atoms with van der Waals surface area (Å²) in [7, 11) is 0. The summed E-state index contributed by atoms with van der Waals surface area (Å²) >= 11 is 0. The highest BCUT2D eigenvalue weighted by Gasteiger charge is 2.19. The molecule has 3 aromatic heterocycles. The Hall–Kier alpha value is -7.37. The van der Waals surface area contributed by atoms with Crippen LogP contribution in [0.1, 0.15) is 0 Å². The molecule has 54 heavy (non-hydrogen) atoms. The lowest BCUT2D eigenvalue weighted by Crippen LogP contribution is -2.06. The van der Waals surface area contributed by atoms with Crippen LogP contribution in [0, 0.1) is 0 Å². The fourth-order valence-corrected chi connectivity index (χ4v) is 8.08. The second kappa shape index (κ2) is 12.1. The second-order valence-corrected chi connectivity index (χ2v) is 13.7. The first-order valence-electron chi connectivity index (χ1n) is 18.2. The molecule has 0 aliphatic rings. The van der Waals surface area contributed by atoms with Crippen molar-refractivity contribution in [2.24, 2.45) is 0 Å². The Morgan fingerprint density at radius 1 is 0.296 bits per heavy atom. The average Bonchev–Trinajstić information content (AvgIpc) is 3.76. The van der Waals surface area contributed by atoms with E-state index in [1.54, 1.807) is 0 Å². The van der Waals surface area contributed by atoms with Crippen LogP contribution in [0.3, 0.4) is 0 Å². The SMILES string of the molecule is c1ccc(-c2nc(-c3ccccc3)nc(-n3c4ccccc4c4cc(-c5ccc6c7ccccc7n(-c7cccc8ccccc78)c6c5)ccc43)n2)cc1. The molecular formula is C49H31N5. The number of para-hydroxylation sites is 2. The lowest BCUT2D eigenvalue weighted by atomic mass is 10.0. The third-order valence-electron chi connectivity index (χ3n) is 10.6. The largest absolute Gasteiger partial charge is 0.309 e. The summed E-state index contributed by atoms with van der Waals surface area (Å²) < 4.78 is 4.60. The van der Waals surface area contributed by atoms with Gasteiger partial charge in [-0.2, -0.15) is 9.97 Å². The van der Waals surface area contributed by atoms with E-state index in [4.69, 9.17) is 15.0 Å². The molecule has 0 amide bonds. The van der Waals surface area contributed by atoms with E-state index >= 15 is 0 Å². The fourth-order valence-electron chi connectivity index (χ4n) is 8.08. The monoisotopic (exact) mass is 689 g/mol. The van der Waals surface area contributed by atoms with Gasteiger partial charge in [-0.25, -0.2) is 4.98 Å². The normalized spacial score (nSPS) is 11.7. The molecule has 0 fully saturated rings. The number of benzene rings is 8. The summed E-state index contributed by atoms with van der Waals surface area (Å²) in [5, 5.41) is 7.21. The van der Waals surface area contributed by atoms with Crippen LogP contribution in [0.4, 0.5) is 0 Å². The van der Waals surface area contributed by atoms with Crippen LogP contribution in [-0.4, -0.2) is 24.1 Å². The molecule has 11 rings (SSSR count).